The molecule has 0 atom stereocenters. The van der Waals surface area contributed by atoms with Crippen LogP contribution in [0.15, 0.2) is 58.2 Å². The number of piperazine rings is 1. The highest BCUT2D eigenvalue weighted by molar-refractivity contribution is 5.80. The van der Waals surface area contributed by atoms with E-state index in [2.05, 4.69) is 49.6 Å². The third-order valence-corrected chi connectivity index (χ3v) is 5.16. The molecule has 1 aliphatic rings. The molecule has 0 unspecified atom stereocenters. The molecule has 1 saturated heterocycles. The van der Waals surface area contributed by atoms with Crippen molar-refractivity contribution in [1.29, 1.82) is 0 Å². The number of benzene rings is 1. The summed E-state index contributed by atoms with van der Waals surface area (Å²) in [6.45, 7) is 9.09. The van der Waals surface area contributed by atoms with Crippen molar-refractivity contribution >= 4 is 22.7 Å². The maximum atomic E-state index is 4.93. The highest BCUT2D eigenvalue weighted by atomic mass is 16.5. The van der Waals surface area contributed by atoms with Gasteiger partial charge in [-0.1, -0.05) is 23.4 Å². The van der Waals surface area contributed by atoms with Gasteiger partial charge in [-0.2, -0.15) is 0 Å². The van der Waals surface area contributed by atoms with Crippen LogP contribution in [0.3, 0.4) is 0 Å². The largest absolute Gasteiger partial charge is 0.368 e. The first-order valence-corrected chi connectivity index (χ1v) is 10.6. The number of anilines is 1. The second-order valence-corrected chi connectivity index (χ2v) is 7.31. The Balaban J connectivity index is 1.27. The van der Waals surface area contributed by atoms with Crippen molar-refractivity contribution in [2.24, 2.45) is 4.99 Å². The van der Waals surface area contributed by atoms with E-state index in [1.54, 1.807) is 6.26 Å². The molecule has 3 aromatic rings. The Morgan fingerprint density at radius 2 is 1.97 bits per heavy atom. The molecule has 8 nitrogen and oxygen atoms in total. The first-order valence-electron chi connectivity index (χ1n) is 10.6. The third kappa shape index (κ3) is 5.27. The molecule has 1 aliphatic heterocycles. The van der Waals surface area contributed by atoms with E-state index in [-0.39, 0.29) is 0 Å². The standard InChI is InChI=1S/C22H29N7O/c1-2-23-22(29-14-12-28(13-15-29)17-19-9-16-30-27-19)25-11-10-24-21-8-7-18-5-3-4-6-20(18)26-21/h3-9,16H,2,10-15,17H2,1H3,(H,23,25)(H,24,26). The zero-order valence-electron chi connectivity index (χ0n) is 17.4. The summed E-state index contributed by atoms with van der Waals surface area (Å²) in [4.78, 5) is 14.2. The van der Waals surface area contributed by atoms with Gasteiger partial charge in [-0.25, -0.2) is 4.98 Å². The lowest BCUT2D eigenvalue weighted by molar-refractivity contribution is 0.169. The predicted octanol–water partition coefficient (Wildman–Crippen LogP) is 2.42. The molecule has 2 N–H and O–H groups in total. The van der Waals surface area contributed by atoms with E-state index in [0.29, 0.717) is 6.54 Å². The number of aliphatic imine (C=N–C) groups is 1. The summed E-state index contributed by atoms with van der Waals surface area (Å²) in [5.74, 6) is 1.86. The van der Waals surface area contributed by atoms with E-state index in [0.717, 1.165) is 74.2 Å². The summed E-state index contributed by atoms with van der Waals surface area (Å²) in [6, 6.07) is 14.2. The molecule has 4 rings (SSSR count). The SMILES string of the molecule is CCNC(=NCCNc1ccc2ccccc2n1)N1CCN(Cc2ccon2)CC1. The van der Waals surface area contributed by atoms with Crippen LogP contribution in [-0.2, 0) is 6.54 Å². The van der Waals surface area contributed by atoms with E-state index >= 15 is 0 Å². The summed E-state index contributed by atoms with van der Waals surface area (Å²) < 4.78 is 4.93. The van der Waals surface area contributed by atoms with Gasteiger partial charge in [0.1, 0.15) is 12.1 Å². The monoisotopic (exact) mass is 407 g/mol. The Morgan fingerprint density at radius 1 is 1.10 bits per heavy atom. The molecule has 1 fully saturated rings. The Morgan fingerprint density at radius 3 is 2.77 bits per heavy atom. The number of hydrogen-bond acceptors (Lipinski definition) is 6. The summed E-state index contributed by atoms with van der Waals surface area (Å²) >= 11 is 0. The van der Waals surface area contributed by atoms with Gasteiger partial charge in [-0.05, 0) is 25.1 Å². The molecule has 2 aromatic heterocycles. The topological polar surface area (TPSA) is 81.8 Å². The molecule has 30 heavy (non-hydrogen) atoms. The first-order chi connectivity index (χ1) is 14.8. The average molecular weight is 408 g/mol. The van der Waals surface area contributed by atoms with Crippen molar-refractivity contribution < 1.29 is 4.52 Å². The number of guanidine groups is 1. The first kappa shape index (κ1) is 20.2. The Bertz CT molecular complexity index is 949. The van der Waals surface area contributed by atoms with Crippen molar-refractivity contribution in [1.82, 2.24) is 25.3 Å². The summed E-state index contributed by atoms with van der Waals surface area (Å²) in [7, 11) is 0. The minimum Gasteiger partial charge on any atom is -0.368 e. The highest BCUT2D eigenvalue weighted by Gasteiger charge is 2.20. The molecular formula is C22H29N7O. The number of rotatable bonds is 7. The van der Waals surface area contributed by atoms with Crippen molar-refractivity contribution in [3.05, 3.63) is 54.4 Å². The van der Waals surface area contributed by atoms with Crippen molar-refractivity contribution in [3.8, 4) is 0 Å². The van der Waals surface area contributed by atoms with Gasteiger partial charge in [0.05, 0.1) is 17.8 Å². The molecule has 3 heterocycles. The molecule has 0 aliphatic carbocycles. The van der Waals surface area contributed by atoms with Crippen LogP contribution in [0.1, 0.15) is 12.6 Å². The molecule has 0 amide bonds. The average Bonchev–Trinajstić information content (AvgIpc) is 3.29. The van der Waals surface area contributed by atoms with Crippen molar-refractivity contribution in [3.63, 3.8) is 0 Å². The summed E-state index contributed by atoms with van der Waals surface area (Å²) in [5.41, 5.74) is 1.99. The lowest BCUT2D eigenvalue weighted by Gasteiger charge is -2.36. The molecule has 1 aromatic carbocycles. The number of para-hydroxylation sites is 1. The van der Waals surface area contributed by atoms with E-state index in [1.807, 2.05) is 30.3 Å². The van der Waals surface area contributed by atoms with E-state index in [4.69, 9.17) is 9.52 Å². The lowest BCUT2D eigenvalue weighted by atomic mass is 10.2. The Labute approximate surface area is 177 Å². The maximum absolute atomic E-state index is 4.93. The van der Waals surface area contributed by atoms with Crippen LogP contribution >= 0.6 is 0 Å². The van der Waals surface area contributed by atoms with Crippen molar-refractivity contribution in [2.45, 2.75) is 13.5 Å². The van der Waals surface area contributed by atoms with Crippen LogP contribution in [0, 0.1) is 0 Å². The van der Waals surface area contributed by atoms with Crippen molar-refractivity contribution in [2.75, 3.05) is 51.1 Å². The second-order valence-electron chi connectivity index (χ2n) is 7.31. The van der Waals surface area contributed by atoms with Gasteiger partial charge in [-0.15, -0.1) is 0 Å². The molecule has 0 spiro atoms. The Kier molecular flexibility index (Phi) is 6.76. The zero-order chi connectivity index (χ0) is 20.6. The smallest absolute Gasteiger partial charge is 0.194 e. The van der Waals surface area contributed by atoms with Crippen LogP contribution < -0.4 is 10.6 Å². The number of nitrogens with one attached hydrogen (secondary N) is 2. The minimum atomic E-state index is 0.690. The zero-order valence-corrected chi connectivity index (χ0v) is 17.4. The van der Waals surface area contributed by atoms with Gasteiger partial charge in [0.15, 0.2) is 5.96 Å². The van der Waals surface area contributed by atoms with Gasteiger partial charge >= 0.3 is 0 Å². The van der Waals surface area contributed by atoms with Gasteiger partial charge in [0.25, 0.3) is 0 Å². The number of aromatic nitrogens is 2. The van der Waals surface area contributed by atoms with Crippen LogP contribution in [0.25, 0.3) is 10.9 Å². The molecule has 0 radical (unpaired) electrons. The number of hydrogen-bond donors (Lipinski definition) is 2. The quantitative estimate of drug-likeness (QED) is 0.354. The van der Waals surface area contributed by atoms with E-state index in [1.165, 1.54) is 0 Å². The molecule has 0 bridgehead atoms. The molecule has 158 valence electrons. The molecule has 8 heteroatoms. The summed E-state index contributed by atoms with van der Waals surface area (Å²) in [5, 5.41) is 12.0. The number of nitrogens with zero attached hydrogens (tertiary/aromatic N) is 5. The van der Waals surface area contributed by atoms with Gasteiger partial charge in [-0.3, -0.25) is 9.89 Å². The highest BCUT2D eigenvalue weighted by Crippen LogP contribution is 2.14. The van der Waals surface area contributed by atoms with Crippen LogP contribution in [0.4, 0.5) is 5.82 Å². The van der Waals surface area contributed by atoms with Gasteiger partial charge in [0, 0.05) is 57.3 Å². The third-order valence-electron chi connectivity index (χ3n) is 5.16. The van der Waals surface area contributed by atoms with E-state index < -0.39 is 0 Å². The summed E-state index contributed by atoms with van der Waals surface area (Å²) in [6.07, 6.45) is 1.63. The molecular weight excluding hydrogens is 378 g/mol. The maximum Gasteiger partial charge on any atom is 0.194 e. The van der Waals surface area contributed by atoms with Gasteiger partial charge in [0.2, 0.25) is 0 Å². The lowest BCUT2D eigenvalue weighted by Crippen LogP contribution is -2.52. The fourth-order valence-corrected chi connectivity index (χ4v) is 3.60. The van der Waals surface area contributed by atoms with Crippen LogP contribution in [0.2, 0.25) is 0 Å². The molecule has 0 saturated carbocycles. The van der Waals surface area contributed by atoms with Crippen LogP contribution in [0.5, 0.6) is 0 Å². The number of fused-ring (bicyclic) bond motifs is 1. The minimum absolute atomic E-state index is 0.690. The van der Waals surface area contributed by atoms with Gasteiger partial charge < -0.3 is 20.1 Å². The van der Waals surface area contributed by atoms with Crippen LogP contribution in [-0.4, -0.2) is 71.7 Å². The van der Waals surface area contributed by atoms with E-state index in [9.17, 15) is 0 Å². The fraction of sp³-hybridized carbons (Fsp3) is 0.409. The Hall–Kier alpha value is -3.13. The normalized spacial score (nSPS) is 15.5. The fourth-order valence-electron chi connectivity index (χ4n) is 3.60. The predicted molar refractivity (Wildman–Crippen MR) is 120 cm³/mol. The second kappa shape index (κ2) is 10.1. The number of pyridine rings is 1.